The van der Waals surface area contributed by atoms with Crippen molar-refractivity contribution in [2.24, 2.45) is 0 Å². The summed E-state index contributed by atoms with van der Waals surface area (Å²) in [6, 6.07) is 0.687. The van der Waals surface area contributed by atoms with Crippen molar-refractivity contribution < 1.29 is 4.48 Å². The Morgan fingerprint density at radius 1 is 1.21 bits per heavy atom. The fourth-order valence-electron chi connectivity index (χ4n) is 2.86. The molecule has 0 aromatic rings. The molecule has 2 heteroatoms. The molecule has 1 saturated heterocycles. The second kappa shape index (κ2) is 3.82. The highest BCUT2D eigenvalue weighted by molar-refractivity contribution is 4.82. The van der Waals surface area contributed by atoms with Gasteiger partial charge in [-0.3, -0.25) is 0 Å². The van der Waals surface area contributed by atoms with Gasteiger partial charge in [-0.2, -0.15) is 0 Å². The normalized spacial score (nSPS) is 25.9. The second-order valence-electron chi connectivity index (χ2n) is 5.57. The van der Waals surface area contributed by atoms with Crippen molar-refractivity contribution in [3.63, 3.8) is 0 Å². The van der Waals surface area contributed by atoms with Crippen LogP contribution in [0.5, 0.6) is 0 Å². The summed E-state index contributed by atoms with van der Waals surface area (Å²) in [5.41, 5.74) is 0.424. The molecule has 1 aliphatic heterocycles. The fourth-order valence-corrected chi connectivity index (χ4v) is 2.86. The van der Waals surface area contributed by atoms with E-state index in [-0.39, 0.29) is 0 Å². The molecule has 0 bridgehead atoms. The predicted molar refractivity (Wildman–Crippen MR) is 62.1 cm³/mol. The molecule has 0 unspecified atom stereocenters. The molecular weight excluding hydrogens is 172 g/mol. The Balaban J connectivity index is 2.87. The van der Waals surface area contributed by atoms with E-state index in [1.165, 1.54) is 30.8 Å². The van der Waals surface area contributed by atoms with Crippen LogP contribution in [0.15, 0.2) is 0 Å². The maximum absolute atomic E-state index is 2.62. The van der Waals surface area contributed by atoms with Crippen LogP contribution in [0.25, 0.3) is 0 Å². The number of likely N-dealkylation sites (N-methyl/N-ethyl adjacent to an activating group) is 1. The van der Waals surface area contributed by atoms with Gasteiger partial charge in [0.25, 0.3) is 0 Å². The van der Waals surface area contributed by atoms with Crippen LogP contribution in [0.3, 0.4) is 0 Å². The molecule has 0 spiro atoms. The molecule has 1 rings (SSSR count). The van der Waals surface area contributed by atoms with E-state index < -0.39 is 0 Å². The van der Waals surface area contributed by atoms with Crippen molar-refractivity contribution in [3.05, 3.63) is 0 Å². The van der Waals surface area contributed by atoms with Gasteiger partial charge in [0, 0.05) is 6.04 Å². The van der Waals surface area contributed by atoms with E-state index in [0.717, 1.165) is 0 Å². The first kappa shape index (κ1) is 12.0. The molecule has 14 heavy (non-hydrogen) atoms. The van der Waals surface area contributed by atoms with E-state index in [4.69, 9.17) is 0 Å². The third kappa shape index (κ3) is 1.70. The zero-order chi connectivity index (χ0) is 11.0. The monoisotopic (exact) mass is 199 g/mol. The number of rotatable bonds is 3. The summed E-state index contributed by atoms with van der Waals surface area (Å²) in [7, 11) is 0. The van der Waals surface area contributed by atoms with Gasteiger partial charge in [-0.15, -0.1) is 0 Å². The Bertz CT molecular complexity index is 192. The lowest BCUT2D eigenvalue weighted by atomic mass is 10.0. The predicted octanol–water partition coefficient (Wildman–Crippen LogP) is 2.30. The van der Waals surface area contributed by atoms with Gasteiger partial charge in [-0.1, -0.05) is 0 Å². The Morgan fingerprint density at radius 3 is 1.93 bits per heavy atom. The average molecular weight is 199 g/mol. The summed E-state index contributed by atoms with van der Waals surface area (Å²) in [5.74, 6) is 0. The molecular formula is C12H27N2+. The Labute approximate surface area is 89.5 Å². The maximum Gasteiger partial charge on any atom is 0.135 e. The van der Waals surface area contributed by atoms with E-state index in [9.17, 15) is 0 Å². The van der Waals surface area contributed by atoms with Gasteiger partial charge >= 0.3 is 0 Å². The molecule has 0 amide bonds. The van der Waals surface area contributed by atoms with Crippen LogP contribution in [0.2, 0.25) is 0 Å². The standard InChI is InChI=1S/C12H27N2/c1-7-14(8-2)10-13(11(3)4)9-12(14,5)6/h11H,7-10H2,1-6H3/q+1. The van der Waals surface area contributed by atoms with Crippen molar-refractivity contribution in [2.45, 2.75) is 53.1 Å². The fraction of sp³-hybridized carbons (Fsp3) is 1.00. The molecule has 0 radical (unpaired) electrons. The average Bonchev–Trinajstić information content (AvgIpc) is 2.38. The van der Waals surface area contributed by atoms with Crippen molar-refractivity contribution in [2.75, 3.05) is 26.3 Å². The summed E-state index contributed by atoms with van der Waals surface area (Å²) in [6.45, 7) is 19.1. The lowest BCUT2D eigenvalue weighted by Gasteiger charge is -2.43. The lowest BCUT2D eigenvalue weighted by molar-refractivity contribution is -0.959. The molecule has 0 aromatic carbocycles. The summed E-state index contributed by atoms with van der Waals surface area (Å²) in [4.78, 5) is 2.62. The smallest absolute Gasteiger partial charge is 0.135 e. The zero-order valence-corrected chi connectivity index (χ0v) is 10.8. The van der Waals surface area contributed by atoms with Crippen molar-refractivity contribution in [1.82, 2.24) is 4.90 Å². The zero-order valence-electron chi connectivity index (χ0n) is 10.8. The molecule has 84 valence electrons. The SMILES string of the molecule is CC[N+]1(CC)CN(C(C)C)CC1(C)C. The molecule has 0 atom stereocenters. The Morgan fingerprint density at radius 2 is 1.71 bits per heavy atom. The molecule has 1 aliphatic rings. The lowest BCUT2D eigenvalue weighted by Crippen LogP contribution is -2.58. The summed E-state index contributed by atoms with van der Waals surface area (Å²) >= 11 is 0. The van der Waals surface area contributed by atoms with Gasteiger partial charge < -0.3 is 4.48 Å². The quantitative estimate of drug-likeness (QED) is 0.630. The van der Waals surface area contributed by atoms with Crippen molar-refractivity contribution >= 4 is 0 Å². The van der Waals surface area contributed by atoms with E-state index in [1.54, 1.807) is 0 Å². The van der Waals surface area contributed by atoms with Crippen LogP contribution in [-0.2, 0) is 0 Å². The first-order valence-corrected chi connectivity index (χ1v) is 5.99. The summed E-state index contributed by atoms with van der Waals surface area (Å²) in [6.07, 6.45) is 0. The van der Waals surface area contributed by atoms with E-state index in [1.807, 2.05) is 0 Å². The third-order valence-electron chi connectivity index (χ3n) is 4.27. The highest BCUT2D eigenvalue weighted by atomic mass is 15.5. The maximum atomic E-state index is 2.62. The van der Waals surface area contributed by atoms with Gasteiger partial charge in [0.2, 0.25) is 0 Å². The molecule has 0 aromatic heterocycles. The van der Waals surface area contributed by atoms with Crippen molar-refractivity contribution in [1.29, 1.82) is 0 Å². The first-order chi connectivity index (χ1) is 6.38. The van der Waals surface area contributed by atoms with E-state index in [0.29, 0.717) is 11.6 Å². The number of quaternary nitrogens is 1. The number of hydrogen-bond acceptors (Lipinski definition) is 1. The largest absolute Gasteiger partial charge is 0.306 e. The molecule has 0 aliphatic carbocycles. The van der Waals surface area contributed by atoms with Gasteiger partial charge in [-0.25, -0.2) is 4.90 Å². The minimum absolute atomic E-state index is 0.424. The van der Waals surface area contributed by atoms with Gasteiger partial charge in [0.05, 0.1) is 19.6 Å². The minimum atomic E-state index is 0.424. The number of nitrogens with zero attached hydrogens (tertiary/aromatic N) is 2. The van der Waals surface area contributed by atoms with E-state index in [2.05, 4.69) is 46.4 Å². The Kier molecular flexibility index (Phi) is 3.27. The number of hydrogen-bond donors (Lipinski definition) is 0. The topological polar surface area (TPSA) is 3.24 Å². The summed E-state index contributed by atoms with van der Waals surface area (Å²) in [5, 5.41) is 0. The second-order valence-corrected chi connectivity index (χ2v) is 5.57. The molecule has 0 saturated carbocycles. The van der Waals surface area contributed by atoms with Gasteiger partial charge in [0.15, 0.2) is 0 Å². The van der Waals surface area contributed by atoms with Crippen molar-refractivity contribution in [3.8, 4) is 0 Å². The van der Waals surface area contributed by atoms with E-state index >= 15 is 0 Å². The molecule has 1 fully saturated rings. The Hall–Kier alpha value is -0.0800. The molecule has 2 nitrogen and oxygen atoms in total. The first-order valence-electron chi connectivity index (χ1n) is 5.99. The minimum Gasteiger partial charge on any atom is -0.306 e. The van der Waals surface area contributed by atoms with Crippen LogP contribution in [-0.4, -0.2) is 47.3 Å². The van der Waals surface area contributed by atoms with Crippen LogP contribution < -0.4 is 0 Å². The summed E-state index contributed by atoms with van der Waals surface area (Å²) < 4.78 is 1.26. The van der Waals surface area contributed by atoms with Gasteiger partial charge in [0.1, 0.15) is 12.2 Å². The van der Waals surface area contributed by atoms with Crippen LogP contribution in [0.1, 0.15) is 41.5 Å². The highest BCUT2D eigenvalue weighted by Gasteiger charge is 2.50. The molecule has 0 N–H and O–H groups in total. The van der Waals surface area contributed by atoms with Gasteiger partial charge in [-0.05, 0) is 41.5 Å². The highest BCUT2D eigenvalue weighted by Crippen LogP contribution is 2.33. The van der Waals surface area contributed by atoms with Crippen LogP contribution in [0, 0.1) is 0 Å². The third-order valence-corrected chi connectivity index (χ3v) is 4.27. The van der Waals surface area contributed by atoms with Crippen LogP contribution in [0.4, 0.5) is 0 Å². The molecule has 1 heterocycles. The van der Waals surface area contributed by atoms with Crippen LogP contribution >= 0.6 is 0 Å².